The van der Waals surface area contributed by atoms with Crippen LogP contribution in [0.1, 0.15) is 44.6 Å². The molecule has 0 amide bonds. The van der Waals surface area contributed by atoms with Gasteiger partial charge in [-0.2, -0.15) is 0 Å². The molecule has 0 bridgehead atoms. The van der Waals surface area contributed by atoms with E-state index in [-0.39, 0.29) is 5.82 Å². The molecule has 2 rings (SSSR count). The van der Waals surface area contributed by atoms with Crippen LogP contribution in [0.15, 0.2) is 24.3 Å². The van der Waals surface area contributed by atoms with Crippen LogP contribution in [0.2, 0.25) is 0 Å². The lowest BCUT2D eigenvalue weighted by atomic mass is 9.96. The fraction of sp³-hybridized carbons (Fsp3) is 0.667. The highest BCUT2D eigenvalue weighted by Crippen LogP contribution is 2.20. The Morgan fingerprint density at radius 1 is 1.24 bits per heavy atom. The van der Waals surface area contributed by atoms with Gasteiger partial charge in [0.25, 0.3) is 0 Å². The molecule has 1 unspecified atom stereocenters. The monoisotopic (exact) mass is 293 g/mol. The standard InChI is InChI=1S/C18H28FNO/c1-2-3-11-21-12-10-16(14-20-18-8-9-18)13-15-4-6-17(19)7-5-15/h4-7,16,18,20H,2-3,8-14H2,1H3. The fourth-order valence-electron chi connectivity index (χ4n) is 2.45. The topological polar surface area (TPSA) is 21.3 Å². The molecule has 1 aliphatic rings. The second-order valence-corrected chi connectivity index (χ2v) is 6.13. The summed E-state index contributed by atoms with van der Waals surface area (Å²) in [5.74, 6) is 0.409. The summed E-state index contributed by atoms with van der Waals surface area (Å²) in [5, 5.41) is 3.61. The van der Waals surface area contributed by atoms with Crippen molar-refractivity contribution < 1.29 is 9.13 Å². The third-order valence-corrected chi connectivity index (χ3v) is 4.02. The first-order chi connectivity index (χ1) is 10.3. The van der Waals surface area contributed by atoms with Gasteiger partial charge < -0.3 is 10.1 Å². The van der Waals surface area contributed by atoms with E-state index in [0.29, 0.717) is 5.92 Å². The molecule has 118 valence electrons. The molecule has 1 aliphatic carbocycles. The van der Waals surface area contributed by atoms with Gasteiger partial charge in [-0.3, -0.25) is 0 Å². The Kier molecular flexibility index (Phi) is 7.17. The minimum Gasteiger partial charge on any atom is -0.381 e. The number of hydrogen-bond acceptors (Lipinski definition) is 2. The molecular formula is C18H28FNO. The maximum absolute atomic E-state index is 13.0. The zero-order valence-electron chi connectivity index (χ0n) is 13.1. The molecule has 1 aromatic rings. The van der Waals surface area contributed by atoms with Crippen molar-refractivity contribution in [3.8, 4) is 0 Å². The molecule has 0 spiro atoms. The van der Waals surface area contributed by atoms with Crippen LogP contribution in [0.5, 0.6) is 0 Å². The van der Waals surface area contributed by atoms with Gasteiger partial charge in [-0.1, -0.05) is 25.5 Å². The third-order valence-electron chi connectivity index (χ3n) is 4.02. The largest absolute Gasteiger partial charge is 0.381 e. The van der Waals surface area contributed by atoms with Crippen LogP contribution in [-0.2, 0) is 11.2 Å². The molecule has 0 aromatic heterocycles. The number of nitrogens with one attached hydrogen (secondary N) is 1. The lowest BCUT2D eigenvalue weighted by molar-refractivity contribution is 0.117. The second-order valence-electron chi connectivity index (χ2n) is 6.13. The first kappa shape index (κ1) is 16.4. The molecule has 0 aliphatic heterocycles. The number of hydrogen-bond donors (Lipinski definition) is 1. The van der Waals surface area contributed by atoms with Gasteiger partial charge in [0.1, 0.15) is 5.82 Å². The van der Waals surface area contributed by atoms with E-state index in [1.165, 1.54) is 24.8 Å². The molecule has 3 heteroatoms. The van der Waals surface area contributed by atoms with E-state index >= 15 is 0 Å². The summed E-state index contributed by atoms with van der Waals surface area (Å²) >= 11 is 0. The highest BCUT2D eigenvalue weighted by atomic mass is 19.1. The van der Waals surface area contributed by atoms with Crippen molar-refractivity contribution in [2.75, 3.05) is 19.8 Å². The summed E-state index contributed by atoms with van der Waals surface area (Å²) < 4.78 is 18.7. The van der Waals surface area contributed by atoms with Gasteiger partial charge in [-0.05, 0) is 62.3 Å². The molecule has 1 N–H and O–H groups in total. The lowest BCUT2D eigenvalue weighted by Gasteiger charge is -2.18. The van der Waals surface area contributed by atoms with Crippen LogP contribution in [0.25, 0.3) is 0 Å². The van der Waals surface area contributed by atoms with Crippen molar-refractivity contribution in [1.82, 2.24) is 5.32 Å². The highest BCUT2D eigenvalue weighted by Gasteiger charge is 2.22. The fourth-order valence-corrected chi connectivity index (χ4v) is 2.45. The maximum Gasteiger partial charge on any atom is 0.123 e. The summed E-state index contributed by atoms with van der Waals surface area (Å²) in [6.07, 6.45) is 7.02. The molecule has 21 heavy (non-hydrogen) atoms. The average molecular weight is 293 g/mol. The van der Waals surface area contributed by atoms with Crippen molar-refractivity contribution in [3.63, 3.8) is 0 Å². The van der Waals surface area contributed by atoms with Crippen molar-refractivity contribution in [2.24, 2.45) is 5.92 Å². The Morgan fingerprint density at radius 2 is 2.00 bits per heavy atom. The van der Waals surface area contributed by atoms with Crippen LogP contribution in [-0.4, -0.2) is 25.8 Å². The second kappa shape index (κ2) is 9.16. The van der Waals surface area contributed by atoms with E-state index in [9.17, 15) is 4.39 Å². The minimum absolute atomic E-state index is 0.158. The van der Waals surface area contributed by atoms with Gasteiger partial charge in [0.2, 0.25) is 0 Å². The van der Waals surface area contributed by atoms with Crippen LogP contribution < -0.4 is 5.32 Å². The molecule has 2 nitrogen and oxygen atoms in total. The zero-order valence-corrected chi connectivity index (χ0v) is 13.1. The van der Waals surface area contributed by atoms with Crippen molar-refractivity contribution in [1.29, 1.82) is 0 Å². The Balaban J connectivity index is 1.74. The molecule has 0 heterocycles. The SMILES string of the molecule is CCCCOCCC(CNC1CC1)Cc1ccc(F)cc1. The van der Waals surface area contributed by atoms with Gasteiger partial charge in [0, 0.05) is 19.3 Å². The quantitative estimate of drug-likeness (QED) is 0.624. The van der Waals surface area contributed by atoms with Gasteiger partial charge in [-0.15, -0.1) is 0 Å². The Labute approximate surface area is 128 Å². The van der Waals surface area contributed by atoms with Crippen LogP contribution in [0.4, 0.5) is 4.39 Å². The van der Waals surface area contributed by atoms with Crippen molar-refractivity contribution in [2.45, 2.75) is 51.5 Å². The summed E-state index contributed by atoms with van der Waals surface area (Å²) in [7, 11) is 0. The first-order valence-electron chi connectivity index (χ1n) is 8.33. The number of rotatable bonds is 11. The highest BCUT2D eigenvalue weighted by molar-refractivity contribution is 5.16. The summed E-state index contributed by atoms with van der Waals surface area (Å²) in [6.45, 7) is 4.92. The maximum atomic E-state index is 13.0. The molecule has 1 atom stereocenters. The number of unbranched alkanes of at least 4 members (excludes halogenated alkanes) is 1. The van der Waals surface area contributed by atoms with E-state index in [1.807, 2.05) is 12.1 Å². The Bertz CT molecular complexity index is 389. The van der Waals surface area contributed by atoms with E-state index in [2.05, 4.69) is 12.2 Å². The van der Waals surface area contributed by atoms with Crippen LogP contribution >= 0.6 is 0 Å². The predicted molar refractivity (Wildman–Crippen MR) is 85.0 cm³/mol. The summed E-state index contributed by atoms with van der Waals surface area (Å²) in [4.78, 5) is 0. The number of ether oxygens (including phenoxy) is 1. The van der Waals surface area contributed by atoms with Gasteiger partial charge in [0.05, 0.1) is 0 Å². The third kappa shape index (κ3) is 7.05. The van der Waals surface area contributed by atoms with E-state index in [1.54, 1.807) is 12.1 Å². The first-order valence-corrected chi connectivity index (χ1v) is 8.33. The van der Waals surface area contributed by atoms with E-state index in [4.69, 9.17) is 4.74 Å². The summed E-state index contributed by atoms with van der Waals surface area (Å²) in [5.41, 5.74) is 1.22. The van der Waals surface area contributed by atoms with Gasteiger partial charge in [-0.25, -0.2) is 4.39 Å². The van der Waals surface area contributed by atoms with Crippen molar-refractivity contribution in [3.05, 3.63) is 35.6 Å². The molecule has 0 saturated heterocycles. The van der Waals surface area contributed by atoms with E-state index in [0.717, 1.165) is 45.1 Å². The molecule has 0 radical (unpaired) electrons. The summed E-state index contributed by atoms with van der Waals surface area (Å²) in [6, 6.07) is 7.65. The Hall–Kier alpha value is -0.930. The zero-order chi connectivity index (χ0) is 14.9. The normalized spacial score (nSPS) is 16.1. The van der Waals surface area contributed by atoms with E-state index < -0.39 is 0 Å². The molecule has 1 fully saturated rings. The van der Waals surface area contributed by atoms with Crippen LogP contribution in [0.3, 0.4) is 0 Å². The van der Waals surface area contributed by atoms with Crippen molar-refractivity contribution >= 4 is 0 Å². The van der Waals surface area contributed by atoms with Gasteiger partial charge >= 0.3 is 0 Å². The molecule has 1 saturated carbocycles. The number of halogens is 1. The molecular weight excluding hydrogens is 265 g/mol. The average Bonchev–Trinajstić information content (AvgIpc) is 3.31. The number of benzene rings is 1. The van der Waals surface area contributed by atoms with Gasteiger partial charge in [0.15, 0.2) is 0 Å². The smallest absolute Gasteiger partial charge is 0.123 e. The lowest BCUT2D eigenvalue weighted by Crippen LogP contribution is -2.27. The van der Waals surface area contributed by atoms with Crippen LogP contribution in [0, 0.1) is 11.7 Å². The minimum atomic E-state index is -0.158. The molecule has 1 aromatic carbocycles. The Morgan fingerprint density at radius 3 is 2.67 bits per heavy atom. The predicted octanol–water partition coefficient (Wildman–Crippen LogP) is 3.94.